The minimum absolute atomic E-state index is 0.215. The molecule has 1 rings (SSSR count). The summed E-state index contributed by atoms with van der Waals surface area (Å²) < 4.78 is 0. The molecule has 1 N–H and O–H groups in total. The average Bonchev–Trinajstić information content (AvgIpc) is 2.26. The van der Waals surface area contributed by atoms with E-state index in [9.17, 15) is 4.79 Å². The number of hydrogen-bond donors (Lipinski definition) is 1. The number of carbonyl (C=O) groups is 1. The minimum atomic E-state index is -0.215. The molecule has 76 valence electrons. The number of carbonyl (C=O) groups excluding carboxylic acids is 1. The summed E-state index contributed by atoms with van der Waals surface area (Å²) in [6.45, 7) is 2.28. The summed E-state index contributed by atoms with van der Waals surface area (Å²) in [6, 6.07) is 7.33. The molecule has 0 aliphatic rings. The van der Waals surface area contributed by atoms with Crippen molar-refractivity contribution >= 4 is 21.8 Å². The zero-order valence-corrected chi connectivity index (χ0v) is 9.50. The summed E-state index contributed by atoms with van der Waals surface area (Å²) in [4.78, 5) is 16.2. The van der Waals surface area contributed by atoms with Gasteiger partial charge in [0, 0.05) is 10.9 Å². The van der Waals surface area contributed by atoms with Gasteiger partial charge in [0.15, 0.2) is 0 Å². The first-order valence-corrected chi connectivity index (χ1v) is 5.47. The van der Waals surface area contributed by atoms with Gasteiger partial charge in [0.2, 0.25) is 0 Å². The molecule has 1 amide bonds. The van der Waals surface area contributed by atoms with Gasteiger partial charge in [-0.2, -0.15) is 0 Å². The second-order valence-electron chi connectivity index (χ2n) is 2.69. The van der Waals surface area contributed by atoms with Crippen LogP contribution in [-0.2, 0) is 10.2 Å². The molecule has 0 aliphatic heterocycles. The van der Waals surface area contributed by atoms with Crippen molar-refractivity contribution in [3.8, 4) is 0 Å². The molecule has 0 aromatic heterocycles. The van der Waals surface area contributed by atoms with Crippen LogP contribution in [0.2, 0.25) is 0 Å². The van der Waals surface area contributed by atoms with Gasteiger partial charge in [-0.15, -0.1) is 0 Å². The highest BCUT2D eigenvalue weighted by Gasteiger charge is 2.03. The first-order chi connectivity index (χ1) is 6.77. The van der Waals surface area contributed by atoms with Crippen molar-refractivity contribution in [1.29, 1.82) is 0 Å². The van der Waals surface area contributed by atoms with Gasteiger partial charge in [-0.25, -0.2) is 5.48 Å². The number of rotatable bonds is 4. The largest absolute Gasteiger partial charge is 0.274 e. The Morgan fingerprint density at radius 1 is 1.43 bits per heavy atom. The van der Waals surface area contributed by atoms with E-state index >= 15 is 0 Å². The van der Waals surface area contributed by atoms with Crippen molar-refractivity contribution in [3.05, 3.63) is 35.4 Å². The Morgan fingerprint density at radius 3 is 2.57 bits per heavy atom. The maximum absolute atomic E-state index is 11.4. The van der Waals surface area contributed by atoms with E-state index in [-0.39, 0.29) is 5.91 Å². The molecule has 0 bridgehead atoms. The topological polar surface area (TPSA) is 38.3 Å². The smallest absolute Gasteiger partial charge is 0.274 e. The van der Waals surface area contributed by atoms with Gasteiger partial charge in [0.1, 0.15) is 0 Å². The molecule has 4 heteroatoms. The molecule has 0 atom stereocenters. The number of nitrogens with one attached hydrogen (secondary N) is 1. The fraction of sp³-hybridized carbons (Fsp3) is 0.300. The van der Waals surface area contributed by atoms with E-state index in [1.165, 1.54) is 0 Å². The fourth-order valence-corrected chi connectivity index (χ4v) is 1.32. The van der Waals surface area contributed by atoms with Crippen molar-refractivity contribution in [1.82, 2.24) is 5.48 Å². The van der Waals surface area contributed by atoms with Gasteiger partial charge in [0.05, 0.1) is 6.61 Å². The van der Waals surface area contributed by atoms with Crippen LogP contribution in [0, 0.1) is 0 Å². The average molecular weight is 258 g/mol. The van der Waals surface area contributed by atoms with Gasteiger partial charge in [0.25, 0.3) is 5.91 Å². The van der Waals surface area contributed by atoms with Crippen LogP contribution in [0.4, 0.5) is 0 Å². The van der Waals surface area contributed by atoms with Crippen molar-refractivity contribution < 1.29 is 9.63 Å². The molecule has 0 radical (unpaired) electrons. The molecule has 14 heavy (non-hydrogen) atoms. The molecule has 0 saturated carbocycles. The standard InChI is InChI=1S/C10H12BrNO2/c1-2-14-12-10(13)9-5-3-8(7-11)4-6-9/h3-6H,2,7H2,1H3,(H,12,13). The van der Waals surface area contributed by atoms with E-state index in [4.69, 9.17) is 4.84 Å². The SMILES string of the molecule is CCONC(=O)c1ccc(CBr)cc1. The monoisotopic (exact) mass is 257 g/mol. The van der Waals surface area contributed by atoms with Gasteiger partial charge in [-0.3, -0.25) is 9.63 Å². The quantitative estimate of drug-likeness (QED) is 0.664. The number of alkyl halides is 1. The Labute approximate surface area is 91.5 Å². The summed E-state index contributed by atoms with van der Waals surface area (Å²) in [7, 11) is 0. The second kappa shape index (κ2) is 5.78. The second-order valence-corrected chi connectivity index (χ2v) is 3.26. The maximum atomic E-state index is 11.4. The highest BCUT2D eigenvalue weighted by atomic mass is 79.9. The van der Waals surface area contributed by atoms with Crippen LogP contribution in [-0.4, -0.2) is 12.5 Å². The third-order valence-corrected chi connectivity index (χ3v) is 2.33. The van der Waals surface area contributed by atoms with Crippen LogP contribution in [0.5, 0.6) is 0 Å². The number of halogens is 1. The Hall–Kier alpha value is -0.870. The van der Waals surface area contributed by atoms with Crippen LogP contribution < -0.4 is 5.48 Å². The minimum Gasteiger partial charge on any atom is -0.274 e. The van der Waals surface area contributed by atoms with Crippen molar-refractivity contribution in [2.45, 2.75) is 12.3 Å². The van der Waals surface area contributed by atoms with Crippen molar-refractivity contribution in [2.24, 2.45) is 0 Å². The number of hydroxylamine groups is 1. The highest BCUT2D eigenvalue weighted by Crippen LogP contribution is 2.07. The van der Waals surface area contributed by atoms with Gasteiger partial charge >= 0.3 is 0 Å². The molecule has 1 aromatic carbocycles. The Bertz CT molecular complexity index is 297. The Balaban J connectivity index is 2.62. The normalized spacial score (nSPS) is 9.86. The van der Waals surface area contributed by atoms with Crippen LogP contribution in [0.1, 0.15) is 22.8 Å². The lowest BCUT2D eigenvalue weighted by Gasteiger charge is -2.03. The molecular weight excluding hydrogens is 246 g/mol. The zero-order valence-electron chi connectivity index (χ0n) is 7.92. The fourth-order valence-electron chi connectivity index (χ4n) is 0.942. The third-order valence-electron chi connectivity index (χ3n) is 1.68. The summed E-state index contributed by atoms with van der Waals surface area (Å²) in [5.74, 6) is -0.215. The lowest BCUT2D eigenvalue weighted by Crippen LogP contribution is -2.23. The Kier molecular flexibility index (Phi) is 4.62. The summed E-state index contributed by atoms with van der Waals surface area (Å²) in [5.41, 5.74) is 4.07. The van der Waals surface area contributed by atoms with Gasteiger partial charge in [-0.1, -0.05) is 28.1 Å². The van der Waals surface area contributed by atoms with Crippen LogP contribution in [0.15, 0.2) is 24.3 Å². The summed E-state index contributed by atoms with van der Waals surface area (Å²) >= 11 is 3.34. The lowest BCUT2D eigenvalue weighted by molar-refractivity contribution is 0.0364. The van der Waals surface area contributed by atoms with E-state index < -0.39 is 0 Å². The molecule has 0 saturated heterocycles. The highest BCUT2D eigenvalue weighted by molar-refractivity contribution is 9.08. The van der Waals surface area contributed by atoms with Crippen molar-refractivity contribution in [2.75, 3.05) is 6.61 Å². The molecule has 0 spiro atoms. The van der Waals surface area contributed by atoms with E-state index in [0.717, 1.165) is 10.9 Å². The number of benzene rings is 1. The summed E-state index contributed by atoms with van der Waals surface area (Å²) in [6.07, 6.45) is 0. The number of amides is 1. The van der Waals surface area contributed by atoms with Gasteiger partial charge in [-0.05, 0) is 24.6 Å². The predicted octanol–water partition coefficient (Wildman–Crippen LogP) is 2.26. The van der Waals surface area contributed by atoms with E-state index in [2.05, 4.69) is 21.4 Å². The van der Waals surface area contributed by atoms with Crippen LogP contribution in [0.25, 0.3) is 0 Å². The lowest BCUT2D eigenvalue weighted by atomic mass is 10.1. The van der Waals surface area contributed by atoms with Crippen LogP contribution >= 0.6 is 15.9 Å². The zero-order chi connectivity index (χ0) is 10.4. The van der Waals surface area contributed by atoms with E-state index in [1.54, 1.807) is 12.1 Å². The summed E-state index contributed by atoms with van der Waals surface area (Å²) in [5, 5.41) is 0.792. The first kappa shape index (κ1) is 11.2. The predicted molar refractivity (Wildman–Crippen MR) is 58.2 cm³/mol. The molecule has 1 aromatic rings. The van der Waals surface area contributed by atoms with Crippen molar-refractivity contribution in [3.63, 3.8) is 0 Å². The van der Waals surface area contributed by atoms with E-state index in [1.807, 2.05) is 19.1 Å². The molecule has 0 heterocycles. The third kappa shape index (κ3) is 3.12. The number of hydrogen-bond acceptors (Lipinski definition) is 2. The molecule has 0 aliphatic carbocycles. The molecule has 0 fully saturated rings. The van der Waals surface area contributed by atoms with Crippen LogP contribution in [0.3, 0.4) is 0 Å². The molecular formula is C10H12BrNO2. The van der Waals surface area contributed by atoms with Gasteiger partial charge < -0.3 is 0 Å². The molecule has 3 nitrogen and oxygen atoms in total. The van der Waals surface area contributed by atoms with E-state index in [0.29, 0.717) is 12.2 Å². The Morgan fingerprint density at radius 2 is 2.07 bits per heavy atom. The maximum Gasteiger partial charge on any atom is 0.274 e. The first-order valence-electron chi connectivity index (χ1n) is 4.35. The molecule has 0 unspecified atom stereocenters.